The highest BCUT2D eigenvalue weighted by atomic mass is 19.1. The SMILES string of the molecule is Cc1ccc(C(C)N2CCC(N)C(C)C2C)cc1F. The molecule has 1 aliphatic heterocycles. The van der Waals surface area contributed by atoms with E-state index in [9.17, 15) is 4.39 Å². The van der Waals surface area contributed by atoms with Crippen LogP contribution in [-0.4, -0.2) is 23.5 Å². The van der Waals surface area contributed by atoms with Crippen LogP contribution in [-0.2, 0) is 0 Å². The first-order valence-electron chi connectivity index (χ1n) is 7.19. The number of piperidine rings is 1. The summed E-state index contributed by atoms with van der Waals surface area (Å²) in [6.45, 7) is 9.39. The highest BCUT2D eigenvalue weighted by Gasteiger charge is 2.33. The van der Waals surface area contributed by atoms with Gasteiger partial charge in [-0.1, -0.05) is 19.1 Å². The average molecular weight is 264 g/mol. The van der Waals surface area contributed by atoms with Gasteiger partial charge < -0.3 is 5.73 Å². The Morgan fingerprint density at radius 3 is 2.68 bits per heavy atom. The molecule has 4 atom stereocenters. The van der Waals surface area contributed by atoms with Crippen molar-refractivity contribution in [2.75, 3.05) is 6.54 Å². The van der Waals surface area contributed by atoms with E-state index in [1.54, 1.807) is 13.0 Å². The van der Waals surface area contributed by atoms with Crippen molar-refractivity contribution >= 4 is 0 Å². The van der Waals surface area contributed by atoms with E-state index in [-0.39, 0.29) is 17.9 Å². The van der Waals surface area contributed by atoms with E-state index in [4.69, 9.17) is 5.73 Å². The van der Waals surface area contributed by atoms with Crippen LogP contribution in [0.4, 0.5) is 4.39 Å². The van der Waals surface area contributed by atoms with Crippen molar-refractivity contribution in [2.24, 2.45) is 11.7 Å². The molecular formula is C16H25FN2. The Balaban J connectivity index is 2.19. The molecule has 19 heavy (non-hydrogen) atoms. The van der Waals surface area contributed by atoms with E-state index >= 15 is 0 Å². The summed E-state index contributed by atoms with van der Waals surface area (Å²) in [6.07, 6.45) is 1.02. The lowest BCUT2D eigenvalue weighted by atomic mass is 9.86. The van der Waals surface area contributed by atoms with E-state index in [1.165, 1.54) is 0 Å². The molecule has 0 radical (unpaired) electrons. The van der Waals surface area contributed by atoms with Gasteiger partial charge in [-0.25, -0.2) is 4.39 Å². The molecule has 1 saturated heterocycles. The van der Waals surface area contributed by atoms with Crippen LogP contribution in [0.1, 0.15) is 44.4 Å². The lowest BCUT2D eigenvalue weighted by Gasteiger charge is -2.44. The summed E-state index contributed by atoms with van der Waals surface area (Å²) in [5.74, 6) is 0.366. The first-order valence-corrected chi connectivity index (χ1v) is 7.19. The second kappa shape index (κ2) is 5.59. The predicted octanol–water partition coefficient (Wildman–Crippen LogP) is 3.25. The second-order valence-electron chi connectivity index (χ2n) is 5.97. The Morgan fingerprint density at radius 1 is 1.37 bits per heavy atom. The standard InChI is InChI=1S/C16H25FN2/c1-10-5-6-14(9-15(10)17)13(4)19-8-7-16(18)11(2)12(19)3/h5-6,9,11-13,16H,7-8,18H2,1-4H3. The number of hydrogen-bond donors (Lipinski definition) is 1. The van der Waals surface area contributed by atoms with Crippen LogP contribution >= 0.6 is 0 Å². The van der Waals surface area contributed by atoms with Crippen molar-refractivity contribution in [1.82, 2.24) is 4.90 Å². The number of rotatable bonds is 2. The van der Waals surface area contributed by atoms with Crippen LogP contribution in [0.25, 0.3) is 0 Å². The van der Waals surface area contributed by atoms with Crippen molar-refractivity contribution in [2.45, 2.75) is 52.2 Å². The maximum Gasteiger partial charge on any atom is 0.126 e. The van der Waals surface area contributed by atoms with Crippen LogP contribution in [0, 0.1) is 18.7 Å². The molecule has 3 heteroatoms. The zero-order valence-corrected chi connectivity index (χ0v) is 12.4. The monoisotopic (exact) mass is 264 g/mol. The van der Waals surface area contributed by atoms with Crippen molar-refractivity contribution in [3.63, 3.8) is 0 Å². The first-order chi connectivity index (χ1) is 8.91. The average Bonchev–Trinajstić information content (AvgIpc) is 2.39. The molecule has 0 spiro atoms. The van der Waals surface area contributed by atoms with E-state index in [1.807, 2.05) is 12.1 Å². The van der Waals surface area contributed by atoms with Crippen LogP contribution in [0.2, 0.25) is 0 Å². The molecule has 1 heterocycles. The number of aryl methyl sites for hydroxylation is 1. The van der Waals surface area contributed by atoms with E-state index in [0.717, 1.165) is 18.5 Å². The van der Waals surface area contributed by atoms with Gasteiger partial charge in [-0.3, -0.25) is 4.90 Å². The van der Waals surface area contributed by atoms with Gasteiger partial charge in [0, 0.05) is 24.7 Å². The highest BCUT2D eigenvalue weighted by molar-refractivity contribution is 5.25. The lowest BCUT2D eigenvalue weighted by molar-refractivity contribution is 0.0625. The Hall–Kier alpha value is -0.930. The Morgan fingerprint density at radius 2 is 2.05 bits per heavy atom. The lowest BCUT2D eigenvalue weighted by Crippen LogP contribution is -2.52. The number of hydrogen-bond acceptors (Lipinski definition) is 2. The quantitative estimate of drug-likeness (QED) is 0.888. The molecule has 0 amide bonds. The van der Waals surface area contributed by atoms with Gasteiger partial charge in [-0.15, -0.1) is 0 Å². The van der Waals surface area contributed by atoms with Gasteiger partial charge in [-0.05, 0) is 50.3 Å². The molecule has 2 rings (SSSR count). The third-order valence-electron chi connectivity index (χ3n) is 4.86. The Labute approximate surface area is 115 Å². The minimum absolute atomic E-state index is 0.112. The van der Waals surface area contributed by atoms with E-state index in [2.05, 4.69) is 25.7 Å². The Kier molecular flexibility index (Phi) is 4.26. The summed E-state index contributed by atoms with van der Waals surface area (Å²) in [5.41, 5.74) is 7.89. The molecule has 1 aliphatic rings. The minimum atomic E-state index is -0.112. The summed E-state index contributed by atoms with van der Waals surface area (Å²) in [6, 6.07) is 6.53. The molecule has 1 aromatic rings. The van der Waals surface area contributed by atoms with Gasteiger partial charge in [0.25, 0.3) is 0 Å². The summed E-state index contributed by atoms with van der Waals surface area (Å²) in [4.78, 5) is 2.44. The molecule has 1 fully saturated rings. The van der Waals surface area contributed by atoms with Gasteiger partial charge in [-0.2, -0.15) is 0 Å². The molecule has 0 aromatic heterocycles. The van der Waals surface area contributed by atoms with Gasteiger partial charge >= 0.3 is 0 Å². The van der Waals surface area contributed by atoms with Gasteiger partial charge in [0.15, 0.2) is 0 Å². The van der Waals surface area contributed by atoms with Crippen LogP contribution in [0.15, 0.2) is 18.2 Å². The van der Waals surface area contributed by atoms with Gasteiger partial charge in [0.1, 0.15) is 5.82 Å². The number of halogens is 1. The normalized spacial score (nSPS) is 30.3. The predicted molar refractivity (Wildman–Crippen MR) is 77.5 cm³/mol. The molecule has 106 valence electrons. The van der Waals surface area contributed by atoms with Crippen molar-refractivity contribution in [3.8, 4) is 0 Å². The second-order valence-corrected chi connectivity index (χ2v) is 5.97. The van der Waals surface area contributed by atoms with Crippen molar-refractivity contribution < 1.29 is 4.39 Å². The smallest absolute Gasteiger partial charge is 0.126 e. The van der Waals surface area contributed by atoms with E-state index < -0.39 is 0 Å². The molecule has 1 aromatic carbocycles. The van der Waals surface area contributed by atoms with Crippen LogP contribution in [0.3, 0.4) is 0 Å². The topological polar surface area (TPSA) is 29.3 Å². The maximum atomic E-state index is 13.7. The van der Waals surface area contributed by atoms with E-state index in [0.29, 0.717) is 17.5 Å². The summed E-state index contributed by atoms with van der Waals surface area (Å²) in [7, 11) is 0. The largest absolute Gasteiger partial charge is 0.327 e. The first kappa shape index (κ1) is 14.5. The fourth-order valence-electron chi connectivity index (χ4n) is 3.03. The fourth-order valence-corrected chi connectivity index (χ4v) is 3.03. The summed E-state index contributed by atoms with van der Waals surface area (Å²) in [5, 5.41) is 0. The minimum Gasteiger partial charge on any atom is -0.327 e. The fraction of sp³-hybridized carbons (Fsp3) is 0.625. The summed E-state index contributed by atoms with van der Waals surface area (Å²) >= 11 is 0. The third kappa shape index (κ3) is 2.82. The molecule has 0 bridgehead atoms. The molecule has 0 aliphatic carbocycles. The molecule has 2 nitrogen and oxygen atoms in total. The zero-order valence-electron chi connectivity index (χ0n) is 12.4. The van der Waals surface area contributed by atoms with Crippen LogP contribution < -0.4 is 5.73 Å². The highest BCUT2D eigenvalue weighted by Crippen LogP contribution is 2.31. The molecule has 2 N–H and O–H groups in total. The number of nitrogens with zero attached hydrogens (tertiary/aromatic N) is 1. The third-order valence-corrected chi connectivity index (χ3v) is 4.86. The van der Waals surface area contributed by atoms with Gasteiger partial charge in [0.05, 0.1) is 0 Å². The zero-order chi connectivity index (χ0) is 14.2. The number of benzene rings is 1. The molecular weight excluding hydrogens is 239 g/mol. The Bertz CT molecular complexity index is 446. The molecule has 4 unspecified atom stereocenters. The van der Waals surface area contributed by atoms with Crippen molar-refractivity contribution in [1.29, 1.82) is 0 Å². The summed E-state index contributed by atoms with van der Waals surface area (Å²) < 4.78 is 13.7. The van der Waals surface area contributed by atoms with Crippen LogP contribution in [0.5, 0.6) is 0 Å². The maximum absolute atomic E-state index is 13.7. The van der Waals surface area contributed by atoms with Crippen molar-refractivity contribution in [3.05, 3.63) is 35.1 Å². The van der Waals surface area contributed by atoms with Gasteiger partial charge in [0.2, 0.25) is 0 Å². The molecule has 0 saturated carbocycles. The number of likely N-dealkylation sites (tertiary alicyclic amines) is 1. The number of nitrogens with two attached hydrogens (primary N) is 1.